The van der Waals surface area contributed by atoms with E-state index in [1.54, 1.807) is 35.2 Å². The van der Waals surface area contributed by atoms with Crippen LogP contribution in [0.15, 0.2) is 83.8 Å². The molecule has 1 atom stereocenters. The normalized spacial score (nSPS) is 14.3. The number of hydrogen-bond acceptors (Lipinski definition) is 3. The quantitative estimate of drug-likeness (QED) is 0.606. The van der Waals surface area contributed by atoms with Crippen LogP contribution in [0.1, 0.15) is 34.8 Å². The molecule has 0 unspecified atom stereocenters. The molecule has 1 amide bonds. The summed E-state index contributed by atoms with van der Waals surface area (Å²) in [5, 5.41) is 0. The predicted molar refractivity (Wildman–Crippen MR) is 123 cm³/mol. The number of anilines is 1. The Kier molecular flexibility index (Phi) is 6.20. The second-order valence-corrected chi connectivity index (χ2v) is 9.62. The average molecular weight is 435 g/mol. The number of carbonyl (C=O) groups is 1. The molecule has 0 radical (unpaired) electrons. The minimum Gasteiger partial charge on any atom is -0.308 e. The molecule has 1 aliphatic rings. The van der Waals surface area contributed by atoms with Crippen LogP contribution in [0.5, 0.6) is 0 Å². The zero-order valence-corrected chi connectivity index (χ0v) is 18.3. The Labute approximate surface area is 183 Å². The molecule has 0 spiro atoms. The van der Waals surface area contributed by atoms with E-state index >= 15 is 0 Å². The number of aryl methyl sites for hydroxylation is 1. The number of nitrogens with zero attached hydrogens (tertiary/aromatic N) is 1. The zero-order chi connectivity index (χ0) is 21.8. The fourth-order valence-electron chi connectivity index (χ4n) is 3.91. The molecule has 3 aromatic rings. The molecule has 1 heterocycles. The zero-order valence-electron chi connectivity index (χ0n) is 17.5. The summed E-state index contributed by atoms with van der Waals surface area (Å²) in [6.45, 7) is 2.43. The van der Waals surface area contributed by atoms with Crippen LogP contribution in [-0.4, -0.2) is 26.9 Å². The van der Waals surface area contributed by atoms with Crippen molar-refractivity contribution in [2.24, 2.45) is 0 Å². The molecule has 0 aliphatic carbocycles. The van der Waals surface area contributed by atoms with Gasteiger partial charge in [0.05, 0.1) is 4.90 Å². The molecule has 6 heteroatoms. The van der Waals surface area contributed by atoms with Crippen molar-refractivity contribution in [2.75, 3.05) is 11.4 Å². The Morgan fingerprint density at radius 3 is 2.39 bits per heavy atom. The molecule has 1 N–H and O–H groups in total. The average Bonchev–Trinajstić information content (AvgIpc) is 3.21. The first-order chi connectivity index (χ1) is 14.9. The van der Waals surface area contributed by atoms with E-state index < -0.39 is 10.0 Å². The maximum absolute atomic E-state index is 12.9. The van der Waals surface area contributed by atoms with Crippen LogP contribution >= 0.6 is 0 Å². The summed E-state index contributed by atoms with van der Waals surface area (Å²) in [4.78, 5) is 14.8. The lowest BCUT2D eigenvalue weighted by molar-refractivity contribution is 0.0989. The van der Waals surface area contributed by atoms with Crippen LogP contribution in [0.4, 0.5) is 5.69 Å². The molecule has 4 rings (SSSR count). The summed E-state index contributed by atoms with van der Waals surface area (Å²) in [6, 6.07) is 24.0. The molecule has 0 saturated heterocycles. The monoisotopic (exact) mass is 434 g/mol. The molecule has 0 bridgehead atoms. The van der Waals surface area contributed by atoms with Crippen LogP contribution in [-0.2, 0) is 22.9 Å². The van der Waals surface area contributed by atoms with E-state index in [1.165, 1.54) is 5.56 Å². The van der Waals surface area contributed by atoms with Crippen molar-refractivity contribution in [3.05, 3.63) is 95.6 Å². The lowest BCUT2D eigenvalue weighted by Crippen LogP contribution is -2.33. The van der Waals surface area contributed by atoms with E-state index in [0.29, 0.717) is 24.9 Å². The predicted octanol–water partition coefficient (Wildman–Crippen LogP) is 4.19. The van der Waals surface area contributed by atoms with Crippen LogP contribution in [0.25, 0.3) is 0 Å². The van der Waals surface area contributed by atoms with Gasteiger partial charge in [0.1, 0.15) is 0 Å². The molecule has 160 valence electrons. The minimum absolute atomic E-state index is 0.0670. The second-order valence-electron chi connectivity index (χ2n) is 7.91. The first kappa shape index (κ1) is 21.3. The Bertz CT molecular complexity index is 1160. The number of amides is 1. The van der Waals surface area contributed by atoms with Gasteiger partial charge in [-0.15, -0.1) is 0 Å². The van der Waals surface area contributed by atoms with Gasteiger partial charge in [0.25, 0.3) is 5.91 Å². The van der Waals surface area contributed by atoms with E-state index in [4.69, 9.17) is 0 Å². The fraction of sp³-hybridized carbons (Fsp3) is 0.240. The maximum atomic E-state index is 12.9. The van der Waals surface area contributed by atoms with Crippen LogP contribution in [0.3, 0.4) is 0 Å². The number of nitrogens with one attached hydrogen (secondary N) is 1. The fourth-order valence-corrected chi connectivity index (χ4v) is 5.24. The van der Waals surface area contributed by atoms with Gasteiger partial charge in [-0.3, -0.25) is 4.79 Å². The van der Waals surface area contributed by atoms with Gasteiger partial charge in [-0.1, -0.05) is 48.5 Å². The van der Waals surface area contributed by atoms with E-state index in [-0.39, 0.29) is 16.8 Å². The Morgan fingerprint density at radius 2 is 1.68 bits per heavy atom. The van der Waals surface area contributed by atoms with Crippen molar-refractivity contribution in [2.45, 2.75) is 37.1 Å². The molecule has 3 aromatic carbocycles. The van der Waals surface area contributed by atoms with Crippen molar-refractivity contribution < 1.29 is 13.2 Å². The lowest BCUT2D eigenvalue weighted by atomic mass is 10.1. The first-order valence-electron chi connectivity index (χ1n) is 10.5. The molecule has 0 fully saturated rings. The highest BCUT2D eigenvalue weighted by atomic mass is 32.2. The summed E-state index contributed by atoms with van der Waals surface area (Å²) in [5.41, 5.74) is 3.48. The highest BCUT2D eigenvalue weighted by molar-refractivity contribution is 7.89. The highest BCUT2D eigenvalue weighted by Crippen LogP contribution is 2.31. The van der Waals surface area contributed by atoms with E-state index in [2.05, 4.69) is 4.72 Å². The lowest BCUT2D eigenvalue weighted by Gasteiger charge is -2.18. The van der Waals surface area contributed by atoms with Gasteiger partial charge in [0.15, 0.2) is 0 Å². The van der Waals surface area contributed by atoms with Crippen LogP contribution in [0.2, 0.25) is 0 Å². The molecule has 5 nitrogen and oxygen atoms in total. The van der Waals surface area contributed by atoms with Crippen molar-refractivity contribution in [1.29, 1.82) is 0 Å². The maximum Gasteiger partial charge on any atom is 0.258 e. The van der Waals surface area contributed by atoms with E-state index in [9.17, 15) is 13.2 Å². The molecule has 0 saturated carbocycles. The summed E-state index contributed by atoms with van der Waals surface area (Å²) in [7, 11) is -3.63. The number of sulfonamides is 1. The first-order valence-corrected chi connectivity index (χ1v) is 12.0. The summed E-state index contributed by atoms with van der Waals surface area (Å²) >= 11 is 0. The summed E-state index contributed by atoms with van der Waals surface area (Å²) in [6.07, 6.45) is 2.17. The summed E-state index contributed by atoms with van der Waals surface area (Å²) in [5.74, 6) is -0.0670. The van der Waals surface area contributed by atoms with Gasteiger partial charge in [-0.2, -0.15) is 0 Å². The molecule has 31 heavy (non-hydrogen) atoms. The Balaban J connectivity index is 1.45. The van der Waals surface area contributed by atoms with Crippen molar-refractivity contribution >= 4 is 21.6 Å². The summed E-state index contributed by atoms with van der Waals surface area (Å²) < 4.78 is 28.6. The highest BCUT2D eigenvalue weighted by Gasteiger charge is 2.27. The number of fused-ring (bicyclic) bond motifs is 1. The Hall–Kier alpha value is -2.96. The van der Waals surface area contributed by atoms with Gasteiger partial charge in [0.2, 0.25) is 10.0 Å². The molecular weight excluding hydrogens is 408 g/mol. The number of benzene rings is 3. The van der Waals surface area contributed by atoms with Gasteiger partial charge >= 0.3 is 0 Å². The third-order valence-corrected chi connectivity index (χ3v) is 7.18. The minimum atomic E-state index is -3.63. The molecule has 0 aromatic heterocycles. The Morgan fingerprint density at radius 1 is 1.00 bits per heavy atom. The number of carbonyl (C=O) groups excluding carboxylic acids is 1. The van der Waals surface area contributed by atoms with Gasteiger partial charge in [0, 0.05) is 23.8 Å². The SMILES string of the molecule is C[C@@H](CCc1ccccc1)NS(=O)(=O)c1ccc2c(c1)CCN2C(=O)c1ccccc1. The van der Waals surface area contributed by atoms with Gasteiger partial charge in [-0.05, 0) is 67.6 Å². The number of rotatable bonds is 7. The molecular formula is C25H26N2O3S. The smallest absolute Gasteiger partial charge is 0.258 e. The second kappa shape index (κ2) is 9.04. The van der Waals surface area contributed by atoms with Crippen LogP contribution < -0.4 is 9.62 Å². The topological polar surface area (TPSA) is 66.5 Å². The third kappa shape index (κ3) is 4.86. The van der Waals surface area contributed by atoms with Crippen molar-refractivity contribution in [3.8, 4) is 0 Å². The number of hydrogen-bond donors (Lipinski definition) is 1. The van der Waals surface area contributed by atoms with Crippen molar-refractivity contribution in [1.82, 2.24) is 4.72 Å². The van der Waals surface area contributed by atoms with Crippen LogP contribution in [0, 0.1) is 0 Å². The van der Waals surface area contributed by atoms with E-state index in [0.717, 1.165) is 17.7 Å². The largest absolute Gasteiger partial charge is 0.308 e. The van der Waals surface area contributed by atoms with E-state index in [1.807, 2.05) is 55.5 Å². The van der Waals surface area contributed by atoms with Gasteiger partial charge in [-0.25, -0.2) is 13.1 Å². The van der Waals surface area contributed by atoms with Gasteiger partial charge < -0.3 is 4.90 Å². The third-order valence-electron chi connectivity index (χ3n) is 5.59. The van der Waals surface area contributed by atoms with Crippen molar-refractivity contribution in [3.63, 3.8) is 0 Å². The standard InChI is InChI=1S/C25H26N2O3S/c1-19(12-13-20-8-4-2-5-9-20)26-31(29,30)23-14-15-24-22(18-23)16-17-27(24)25(28)21-10-6-3-7-11-21/h2-11,14-15,18-19,26H,12-13,16-17H2,1H3/t19-/m0/s1. The molecule has 1 aliphatic heterocycles.